The molecule has 6 heteroatoms. The van der Waals surface area contributed by atoms with Gasteiger partial charge in [0, 0.05) is 35.9 Å². The normalized spacial score (nSPS) is 11.4. The molecule has 6 nitrogen and oxygen atoms in total. The van der Waals surface area contributed by atoms with E-state index in [1.54, 1.807) is 6.20 Å². The first-order valence-electron chi connectivity index (χ1n) is 7.18. The largest absolute Gasteiger partial charge is 0.380 e. The molecule has 0 spiro atoms. The summed E-state index contributed by atoms with van der Waals surface area (Å²) in [4.78, 5) is 4.33. The Morgan fingerprint density at radius 3 is 3.00 bits per heavy atom. The summed E-state index contributed by atoms with van der Waals surface area (Å²) in [5.74, 6) is 0.599. The molecule has 3 aromatic rings. The van der Waals surface area contributed by atoms with Gasteiger partial charge in [0.25, 0.3) is 0 Å². The van der Waals surface area contributed by atoms with Crippen molar-refractivity contribution < 1.29 is 0 Å². The van der Waals surface area contributed by atoms with Crippen LogP contribution in [0.2, 0.25) is 0 Å². The molecule has 0 aromatic carbocycles. The highest BCUT2D eigenvalue weighted by Gasteiger charge is 2.05. The lowest BCUT2D eigenvalue weighted by Gasteiger charge is -2.05. The Bertz CT molecular complexity index is 740. The van der Waals surface area contributed by atoms with E-state index in [0.717, 1.165) is 35.5 Å². The van der Waals surface area contributed by atoms with E-state index in [0.29, 0.717) is 5.92 Å². The summed E-state index contributed by atoms with van der Waals surface area (Å²) in [6.07, 6.45) is 5.80. The molecule has 0 fully saturated rings. The van der Waals surface area contributed by atoms with E-state index in [9.17, 15) is 0 Å². The van der Waals surface area contributed by atoms with Gasteiger partial charge in [-0.1, -0.05) is 13.8 Å². The van der Waals surface area contributed by atoms with Crippen LogP contribution in [0.25, 0.3) is 11.0 Å². The highest BCUT2D eigenvalue weighted by Crippen LogP contribution is 2.18. The van der Waals surface area contributed by atoms with Crippen molar-refractivity contribution in [1.29, 1.82) is 0 Å². The number of aryl methyl sites for hydroxylation is 1. The van der Waals surface area contributed by atoms with Crippen molar-refractivity contribution >= 4 is 16.7 Å². The number of aromatic amines is 1. The van der Waals surface area contributed by atoms with Gasteiger partial charge in [0.15, 0.2) is 5.65 Å². The topological polar surface area (TPSA) is 71.4 Å². The van der Waals surface area contributed by atoms with Crippen LogP contribution in [0.1, 0.15) is 25.1 Å². The molecule has 0 saturated carbocycles. The molecule has 0 atom stereocenters. The fraction of sp³-hybridized carbons (Fsp3) is 0.400. The van der Waals surface area contributed by atoms with Crippen molar-refractivity contribution in [3.63, 3.8) is 0 Å². The molecule has 0 saturated heterocycles. The van der Waals surface area contributed by atoms with Crippen LogP contribution >= 0.6 is 0 Å². The monoisotopic (exact) mass is 284 g/mol. The van der Waals surface area contributed by atoms with Crippen LogP contribution in [0.15, 0.2) is 24.7 Å². The smallest absolute Gasteiger partial charge is 0.181 e. The average molecular weight is 284 g/mol. The van der Waals surface area contributed by atoms with E-state index in [-0.39, 0.29) is 0 Å². The molecular weight excluding hydrogens is 264 g/mol. The lowest BCUT2D eigenvalue weighted by molar-refractivity contribution is 0.483. The number of pyridine rings is 1. The van der Waals surface area contributed by atoms with E-state index in [4.69, 9.17) is 0 Å². The van der Waals surface area contributed by atoms with Crippen LogP contribution in [0.5, 0.6) is 0 Å². The van der Waals surface area contributed by atoms with Gasteiger partial charge in [-0.05, 0) is 18.9 Å². The molecule has 0 amide bonds. The third-order valence-electron chi connectivity index (χ3n) is 3.34. The molecule has 3 aromatic heterocycles. The van der Waals surface area contributed by atoms with Gasteiger partial charge in [-0.25, -0.2) is 4.98 Å². The minimum atomic E-state index is 0.599. The van der Waals surface area contributed by atoms with Crippen molar-refractivity contribution in [3.8, 4) is 0 Å². The maximum atomic E-state index is 4.37. The van der Waals surface area contributed by atoms with Crippen LogP contribution in [0.4, 0.5) is 5.69 Å². The molecule has 3 heterocycles. The molecule has 0 unspecified atom stereocenters. The fourth-order valence-corrected chi connectivity index (χ4v) is 2.29. The summed E-state index contributed by atoms with van der Waals surface area (Å²) >= 11 is 0. The fourth-order valence-electron chi connectivity index (χ4n) is 2.29. The van der Waals surface area contributed by atoms with Gasteiger partial charge in [0.2, 0.25) is 0 Å². The average Bonchev–Trinajstić information content (AvgIpc) is 3.03. The number of fused-ring (bicyclic) bond motifs is 1. The SMILES string of the molecule is Cc1[nH]nc2ncc(NCc3cnn(CC(C)C)c3)cc12. The second kappa shape index (κ2) is 5.55. The standard InChI is InChI=1S/C15H20N6/c1-10(2)8-21-9-12(6-18-21)5-16-13-4-14-11(3)19-20-15(14)17-7-13/h4,6-7,9-10,16H,5,8H2,1-3H3,(H,17,19,20). The predicted octanol–water partition coefficient (Wildman–Crippen LogP) is 2.73. The third kappa shape index (κ3) is 3.04. The second-order valence-electron chi connectivity index (χ2n) is 5.76. The summed E-state index contributed by atoms with van der Waals surface area (Å²) in [5, 5.41) is 15.9. The molecule has 21 heavy (non-hydrogen) atoms. The maximum Gasteiger partial charge on any atom is 0.181 e. The zero-order chi connectivity index (χ0) is 14.8. The third-order valence-corrected chi connectivity index (χ3v) is 3.34. The van der Waals surface area contributed by atoms with Gasteiger partial charge in [-0.15, -0.1) is 0 Å². The highest BCUT2D eigenvalue weighted by atomic mass is 15.3. The van der Waals surface area contributed by atoms with E-state index >= 15 is 0 Å². The van der Waals surface area contributed by atoms with Gasteiger partial charge < -0.3 is 5.32 Å². The van der Waals surface area contributed by atoms with Crippen LogP contribution in [-0.2, 0) is 13.1 Å². The van der Waals surface area contributed by atoms with Gasteiger partial charge >= 0.3 is 0 Å². The Kier molecular flexibility index (Phi) is 3.60. The summed E-state index contributed by atoms with van der Waals surface area (Å²) in [7, 11) is 0. The molecule has 0 bridgehead atoms. The molecule has 0 aliphatic rings. The van der Waals surface area contributed by atoms with E-state index in [1.165, 1.54) is 5.56 Å². The predicted molar refractivity (Wildman–Crippen MR) is 83.0 cm³/mol. The quantitative estimate of drug-likeness (QED) is 0.755. The maximum absolute atomic E-state index is 4.37. The van der Waals surface area contributed by atoms with Gasteiger partial charge in [0.1, 0.15) is 0 Å². The molecule has 2 N–H and O–H groups in total. The van der Waals surface area contributed by atoms with Crippen molar-refractivity contribution in [2.75, 3.05) is 5.32 Å². The van der Waals surface area contributed by atoms with Crippen molar-refractivity contribution in [1.82, 2.24) is 25.0 Å². The lowest BCUT2D eigenvalue weighted by Crippen LogP contribution is -2.04. The summed E-state index contributed by atoms with van der Waals surface area (Å²) < 4.78 is 1.99. The van der Waals surface area contributed by atoms with E-state index in [2.05, 4.69) is 51.7 Å². The summed E-state index contributed by atoms with van der Waals surface area (Å²) in [5.41, 5.74) is 3.94. The Morgan fingerprint density at radius 2 is 2.19 bits per heavy atom. The van der Waals surface area contributed by atoms with Gasteiger partial charge in [-0.3, -0.25) is 9.78 Å². The molecular formula is C15H20N6. The first kappa shape index (κ1) is 13.6. The van der Waals surface area contributed by atoms with E-state index in [1.807, 2.05) is 17.8 Å². The van der Waals surface area contributed by atoms with Crippen LogP contribution < -0.4 is 5.32 Å². The second-order valence-corrected chi connectivity index (χ2v) is 5.76. The number of nitrogens with one attached hydrogen (secondary N) is 2. The first-order valence-corrected chi connectivity index (χ1v) is 7.18. The van der Waals surface area contributed by atoms with Crippen molar-refractivity contribution in [3.05, 3.63) is 35.9 Å². The zero-order valence-corrected chi connectivity index (χ0v) is 12.6. The van der Waals surface area contributed by atoms with Crippen molar-refractivity contribution in [2.45, 2.75) is 33.9 Å². The van der Waals surface area contributed by atoms with Crippen molar-refractivity contribution in [2.24, 2.45) is 5.92 Å². The Hall–Kier alpha value is -2.37. The number of anilines is 1. The van der Waals surface area contributed by atoms with Crippen LogP contribution in [0.3, 0.4) is 0 Å². The number of hydrogen-bond acceptors (Lipinski definition) is 4. The zero-order valence-electron chi connectivity index (χ0n) is 12.6. The van der Waals surface area contributed by atoms with E-state index < -0.39 is 0 Å². The summed E-state index contributed by atoms with van der Waals surface area (Å²) in [6, 6.07) is 2.07. The van der Waals surface area contributed by atoms with Gasteiger partial charge in [0.05, 0.1) is 18.1 Å². The molecule has 0 aliphatic heterocycles. The van der Waals surface area contributed by atoms with Crippen LogP contribution in [0, 0.1) is 12.8 Å². The highest BCUT2D eigenvalue weighted by molar-refractivity contribution is 5.80. The number of rotatable bonds is 5. The Morgan fingerprint density at radius 1 is 1.33 bits per heavy atom. The van der Waals surface area contributed by atoms with Gasteiger partial charge in [-0.2, -0.15) is 10.2 Å². The first-order chi connectivity index (χ1) is 10.1. The van der Waals surface area contributed by atoms with Crippen LogP contribution in [-0.4, -0.2) is 25.0 Å². The number of nitrogens with zero attached hydrogens (tertiary/aromatic N) is 4. The number of aromatic nitrogens is 5. The molecule has 110 valence electrons. The number of hydrogen-bond donors (Lipinski definition) is 2. The Labute approximate surface area is 123 Å². The Balaban J connectivity index is 1.68. The molecule has 0 radical (unpaired) electrons. The lowest BCUT2D eigenvalue weighted by atomic mass is 10.2. The minimum Gasteiger partial charge on any atom is -0.380 e. The molecule has 3 rings (SSSR count). The summed E-state index contributed by atoms with van der Waals surface area (Å²) in [6.45, 7) is 8.06. The minimum absolute atomic E-state index is 0.599. The molecule has 0 aliphatic carbocycles. The number of H-pyrrole nitrogens is 1.